The van der Waals surface area contributed by atoms with Crippen LogP contribution in [0.25, 0.3) is 0 Å². The van der Waals surface area contributed by atoms with E-state index >= 15 is 0 Å². The van der Waals surface area contributed by atoms with Gasteiger partial charge in [0.2, 0.25) is 0 Å². The van der Waals surface area contributed by atoms with Crippen molar-refractivity contribution in [3.63, 3.8) is 0 Å². The second-order valence-corrected chi connectivity index (χ2v) is 13.5. The molecule has 0 aromatic carbocycles. The summed E-state index contributed by atoms with van der Waals surface area (Å²) in [6.45, 7) is 12.7. The van der Waals surface area contributed by atoms with E-state index in [2.05, 4.69) is 32.6 Å². The minimum absolute atomic E-state index is 0. The van der Waals surface area contributed by atoms with Gasteiger partial charge < -0.3 is 9.64 Å². The fourth-order valence-electron chi connectivity index (χ4n) is 9.63. The Hall–Kier alpha value is -0.610. The molecule has 1 aliphatic heterocycles. The molecular weight excluding hydrogens is 446 g/mol. The van der Waals surface area contributed by atoms with Crippen LogP contribution >= 0.6 is 12.4 Å². The first-order chi connectivity index (χ1) is 15.7. The fourth-order valence-corrected chi connectivity index (χ4v) is 9.63. The number of rotatable bonds is 4. The molecular formula is C29H48ClNO3. The Morgan fingerprint density at radius 3 is 2.41 bits per heavy atom. The highest BCUT2D eigenvalue weighted by molar-refractivity contribution is 5.85. The van der Waals surface area contributed by atoms with Gasteiger partial charge in [-0.25, -0.2) is 0 Å². The van der Waals surface area contributed by atoms with E-state index in [0.29, 0.717) is 29.5 Å². The number of piperidine rings is 1. The van der Waals surface area contributed by atoms with Crippen molar-refractivity contribution >= 4 is 24.2 Å². The van der Waals surface area contributed by atoms with E-state index in [1.807, 2.05) is 0 Å². The van der Waals surface area contributed by atoms with Crippen molar-refractivity contribution in [3.05, 3.63) is 0 Å². The maximum atomic E-state index is 12.9. The van der Waals surface area contributed by atoms with Crippen LogP contribution in [0, 0.1) is 46.3 Å². The summed E-state index contributed by atoms with van der Waals surface area (Å²) in [6, 6.07) is 0. The van der Waals surface area contributed by atoms with Gasteiger partial charge in [0.05, 0.1) is 6.42 Å². The minimum atomic E-state index is 0. The van der Waals surface area contributed by atoms with Gasteiger partial charge in [-0.1, -0.05) is 27.7 Å². The summed E-state index contributed by atoms with van der Waals surface area (Å²) in [4.78, 5) is 27.5. The van der Waals surface area contributed by atoms with Crippen LogP contribution in [0.2, 0.25) is 0 Å². The Labute approximate surface area is 213 Å². The van der Waals surface area contributed by atoms with Crippen molar-refractivity contribution in [1.29, 1.82) is 0 Å². The first-order valence-corrected chi connectivity index (χ1v) is 14.1. The molecule has 0 aromatic heterocycles. The smallest absolute Gasteiger partial charge is 0.307 e. The summed E-state index contributed by atoms with van der Waals surface area (Å²) in [5, 5.41) is 0. The van der Waals surface area contributed by atoms with Crippen molar-refractivity contribution in [2.24, 2.45) is 46.3 Å². The number of esters is 1. The number of ketones is 1. The van der Waals surface area contributed by atoms with E-state index in [-0.39, 0.29) is 29.9 Å². The first-order valence-electron chi connectivity index (χ1n) is 14.1. The molecule has 5 fully saturated rings. The molecule has 34 heavy (non-hydrogen) atoms. The number of hydrogen-bond donors (Lipinski definition) is 0. The Bertz CT molecular complexity index is 762. The van der Waals surface area contributed by atoms with Crippen molar-refractivity contribution < 1.29 is 14.3 Å². The molecule has 1 saturated heterocycles. The second-order valence-electron chi connectivity index (χ2n) is 13.5. The van der Waals surface area contributed by atoms with Gasteiger partial charge in [-0.2, -0.15) is 0 Å². The standard InChI is InChI=1S/C29H47NO3.ClH/c1-19-15-20(2)18-30(17-19)14-11-27(32)33-26-8-7-24-23-6-5-21-16-22(31)9-12-28(21,3)25(23)10-13-29(24,26)4;/h19-21,23-26H,5-18H2,1-4H3;1H/t19?,20?,21?,23-,24-,25-,26?,28-,29-;/m0./s1. The van der Waals surface area contributed by atoms with Crippen LogP contribution in [0.3, 0.4) is 0 Å². The summed E-state index contributed by atoms with van der Waals surface area (Å²) < 4.78 is 6.24. The SMILES string of the molecule is CC1CC(C)CN(CCC(=O)OC2CC[C@H]3[C@@H]4CCC5CC(=O)CC[C@]5(C)[C@H]4CC[C@]23C)C1.Cl. The lowest BCUT2D eigenvalue weighted by Crippen LogP contribution is -2.54. The highest BCUT2D eigenvalue weighted by Gasteiger charge is 2.61. The number of ether oxygens (including phenoxy) is 1. The lowest BCUT2D eigenvalue weighted by Gasteiger charge is -2.60. The van der Waals surface area contributed by atoms with Crippen LogP contribution in [0.5, 0.6) is 0 Å². The van der Waals surface area contributed by atoms with E-state index < -0.39 is 0 Å². The Morgan fingerprint density at radius 1 is 0.971 bits per heavy atom. The van der Waals surface area contributed by atoms with Gasteiger partial charge in [0.15, 0.2) is 0 Å². The van der Waals surface area contributed by atoms with Crippen molar-refractivity contribution in [2.75, 3.05) is 19.6 Å². The van der Waals surface area contributed by atoms with Crippen molar-refractivity contribution in [2.45, 2.75) is 104 Å². The van der Waals surface area contributed by atoms with Gasteiger partial charge in [-0.15, -0.1) is 12.4 Å². The fraction of sp³-hybridized carbons (Fsp3) is 0.931. The normalized spacial score (nSPS) is 46.6. The molecule has 5 rings (SSSR count). The van der Waals surface area contributed by atoms with Gasteiger partial charge in [-0.05, 0) is 92.3 Å². The van der Waals surface area contributed by atoms with Crippen molar-refractivity contribution in [1.82, 2.24) is 4.90 Å². The topological polar surface area (TPSA) is 46.6 Å². The molecule has 9 atom stereocenters. The molecule has 4 nitrogen and oxygen atoms in total. The number of hydrogen-bond acceptors (Lipinski definition) is 4. The van der Waals surface area contributed by atoms with Gasteiger partial charge in [0, 0.05) is 37.9 Å². The number of likely N-dealkylation sites (tertiary alicyclic amines) is 1. The van der Waals surface area contributed by atoms with Crippen LogP contribution in [-0.4, -0.2) is 42.4 Å². The molecule has 1 heterocycles. The zero-order valence-corrected chi connectivity index (χ0v) is 22.8. The molecule has 5 heteroatoms. The average molecular weight is 494 g/mol. The van der Waals surface area contributed by atoms with Crippen molar-refractivity contribution in [3.8, 4) is 0 Å². The van der Waals surface area contributed by atoms with E-state index in [1.165, 1.54) is 38.5 Å². The molecule has 194 valence electrons. The highest BCUT2D eigenvalue weighted by Crippen LogP contribution is 2.66. The summed E-state index contributed by atoms with van der Waals surface area (Å²) in [7, 11) is 0. The van der Waals surface area contributed by atoms with E-state index in [4.69, 9.17) is 4.74 Å². The predicted molar refractivity (Wildman–Crippen MR) is 138 cm³/mol. The Morgan fingerprint density at radius 2 is 1.68 bits per heavy atom. The van der Waals surface area contributed by atoms with E-state index in [9.17, 15) is 9.59 Å². The van der Waals surface area contributed by atoms with Gasteiger partial charge in [0.1, 0.15) is 11.9 Å². The third kappa shape index (κ3) is 4.72. The van der Waals surface area contributed by atoms with E-state index in [1.54, 1.807) is 0 Å². The predicted octanol–water partition coefficient (Wildman–Crippen LogP) is 6.30. The van der Waals surface area contributed by atoms with Crippen LogP contribution in [-0.2, 0) is 14.3 Å². The summed E-state index contributed by atoms with van der Waals surface area (Å²) in [5.74, 6) is 4.81. The molecule has 0 bridgehead atoms. The molecule has 4 unspecified atom stereocenters. The average Bonchev–Trinajstić information content (AvgIpc) is 3.08. The van der Waals surface area contributed by atoms with Gasteiger partial charge in [-0.3, -0.25) is 9.59 Å². The molecule has 0 aromatic rings. The number of carbonyl (C=O) groups excluding carboxylic acids is 2. The minimum Gasteiger partial charge on any atom is -0.462 e. The number of halogens is 1. The number of fused-ring (bicyclic) bond motifs is 5. The lowest BCUT2D eigenvalue weighted by molar-refractivity contribution is -0.164. The highest BCUT2D eigenvalue weighted by atomic mass is 35.5. The third-order valence-corrected chi connectivity index (χ3v) is 11.2. The van der Waals surface area contributed by atoms with Crippen LogP contribution < -0.4 is 0 Å². The van der Waals surface area contributed by atoms with E-state index in [0.717, 1.165) is 69.0 Å². The molecule has 4 saturated carbocycles. The molecule has 0 N–H and O–H groups in total. The number of nitrogens with zero attached hydrogens (tertiary/aromatic N) is 1. The van der Waals surface area contributed by atoms with Gasteiger partial charge in [0.25, 0.3) is 0 Å². The monoisotopic (exact) mass is 493 g/mol. The number of carbonyl (C=O) groups is 2. The molecule has 5 aliphatic rings. The summed E-state index contributed by atoms with van der Waals surface area (Å²) in [5.41, 5.74) is 0.508. The zero-order valence-electron chi connectivity index (χ0n) is 22.0. The molecule has 4 aliphatic carbocycles. The second kappa shape index (κ2) is 10.0. The maximum absolute atomic E-state index is 12.9. The van der Waals surface area contributed by atoms with Crippen LogP contribution in [0.1, 0.15) is 98.3 Å². The molecule has 0 amide bonds. The summed E-state index contributed by atoms with van der Waals surface area (Å²) in [6.07, 6.45) is 11.9. The Balaban J connectivity index is 0.00000274. The Kier molecular flexibility index (Phi) is 7.81. The van der Waals surface area contributed by atoms with Crippen LogP contribution in [0.4, 0.5) is 0 Å². The zero-order chi connectivity index (χ0) is 23.4. The van der Waals surface area contributed by atoms with Gasteiger partial charge >= 0.3 is 5.97 Å². The number of Topliss-reactive ketones (excluding diaryl/α,β-unsaturated/α-hetero) is 1. The molecule has 0 spiro atoms. The maximum Gasteiger partial charge on any atom is 0.307 e. The lowest BCUT2D eigenvalue weighted by atomic mass is 9.45. The molecule has 0 radical (unpaired) electrons. The first kappa shape index (κ1) is 26.5. The summed E-state index contributed by atoms with van der Waals surface area (Å²) >= 11 is 0. The largest absolute Gasteiger partial charge is 0.462 e. The van der Waals surface area contributed by atoms with Crippen LogP contribution in [0.15, 0.2) is 0 Å². The third-order valence-electron chi connectivity index (χ3n) is 11.2. The quantitative estimate of drug-likeness (QED) is 0.431.